The van der Waals surface area contributed by atoms with Crippen molar-refractivity contribution < 1.29 is 27.5 Å². The smallest absolute Gasteiger partial charge is 0.337 e. The first-order valence-electron chi connectivity index (χ1n) is 4.69. The molecule has 0 atom stereocenters. The number of anilines is 1. The van der Waals surface area contributed by atoms with E-state index in [0.29, 0.717) is 0 Å². The second-order valence-corrected chi connectivity index (χ2v) is 5.75. The van der Waals surface area contributed by atoms with E-state index < -0.39 is 33.3 Å². The minimum atomic E-state index is -3.54. The molecule has 1 rings (SSSR count). The van der Waals surface area contributed by atoms with Gasteiger partial charge in [0.25, 0.3) is 0 Å². The van der Waals surface area contributed by atoms with Crippen molar-refractivity contribution in [3.05, 3.63) is 29.6 Å². The third-order valence-electron chi connectivity index (χ3n) is 1.88. The lowest BCUT2D eigenvalue weighted by Crippen LogP contribution is -2.23. The number of carboxylic acid groups (broad SMARTS) is 1. The average Bonchev–Trinajstić information content (AvgIpc) is 2.13. The zero-order valence-corrected chi connectivity index (χ0v) is 10.1. The minimum Gasteiger partial charge on any atom is -0.478 e. The Labute approximate surface area is 102 Å². The Kier molecular flexibility index (Phi) is 4.02. The Morgan fingerprint density at radius 2 is 2.00 bits per heavy atom. The van der Waals surface area contributed by atoms with E-state index in [1.807, 2.05) is 0 Å². The van der Waals surface area contributed by atoms with Crippen molar-refractivity contribution in [3.8, 4) is 0 Å². The van der Waals surface area contributed by atoms with E-state index in [2.05, 4.69) is 5.32 Å². The molecule has 0 fully saturated rings. The molecular weight excluding hydrogens is 265 g/mol. The quantitative estimate of drug-likeness (QED) is 0.833. The number of sulfone groups is 1. The summed E-state index contributed by atoms with van der Waals surface area (Å²) in [6.07, 6.45) is 0.857. The SMILES string of the molecule is CS(=O)(=O)CC(=O)Nc1cc(F)ccc1C(=O)O. The summed E-state index contributed by atoms with van der Waals surface area (Å²) in [4.78, 5) is 22.1. The van der Waals surface area contributed by atoms with Crippen LogP contribution in [0.4, 0.5) is 10.1 Å². The molecule has 1 aromatic carbocycles. The van der Waals surface area contributed by atoms with E-state index in [1.54, 1.807) is 0 Å². The molecule has 1 amide bonds. The standard InChI is InChI=1S/C10H10FNO5S/c1-18(16,17)5-9(13)12-8-4-6(11)2-3-7(8)10(14)15/h2-4H,5H2,1H3,(H,12,13)(H,14,15). The maximum absolute atomic E-state index is 12.9. The lowest BCUT2D eigenvalue weighted by Gasteiger charge is -2.07. The van der Waals surface area contributed by atoms with Crippen LogP contribution in [0, 0.1) is 5.82 Å². The summed E-state index contributed by atoms with van der Waals surface area (Å²) in [5.74, 6) is -3.83. The fourth-order valence-corrected chi connectivity index (χ4v) is 1.78. The van der Waals surface area contributed by atoms with Crippen molar-refractivity contribution >= 4 is 27.4 Å². The highest BCUT2D eigenvalue weighted by Gasteiger charge is 2.16. The number of carbonyl (C=O) groups is 2. The highest BCUT2D eigenvalue weighted by atomic mass is 32.2. The number of hydrogen-bond acceptors (Lipinski definition) is 4. The molecule has 0 bridgehead atoms. The van der Waals surface area contributed by atoms with E-state index in [9.17, 15) is 22.4 Å². The summed E-state index contributed by atoms with van der Waals surface area (Å²) in [7, 11) is -3.54. The van der Waals surface area contributed by atoms with E-state index in [4.69, 9.17) is 5.11 Å². The predicted octanol–water partition coefficient (Wildman–Crippen LogP) is 0.507. The first kappa shape index (κ1) is 14.1. The molecule has 0 unspecified atom stereocenters. The number of aromatic carboxylic acids is 1. The van der Waals surface area contributed by atoms with Gasteiger partial charge in [0, 0.05) is 6.26 Å². The van der Waals surface area contributed by atoms with E-state index in [-0.39, 0.29) is 11.3 Å². The van der Waals surface area contributed by atoms with Gasteiger partial charge in [0.05, 0.1) is 11.3 Å². The topological polar surface area (TPSA) is 101 Å². The third-order valence-corrected chi connectivity index (χ3v) is 2.67. The van der Waals surface area contributed by atoms with Gasteiger partial charge in [-0.2, -0.15) is 0 Å². The second-order valence-electron chi connectivity index (χ2n) is 3.61. The van der Waals surface area contributed by atoms with Gasteiger partial charge in [-0.3, -0.25) is 4.79 Å². The van der Waals surface area contributed by atoms with Crippen LogP contribution in [0.2, 0.25) is 0 Å². The molecule has 1 aromatic rings. The number of benzene rings is 1. The molecule has 2 N–H and O–H groups in total. The summed E-state index contributed by atoms with van der Waals surface area (Å²) in [5, 5.41) is 10.9. The van der Waals surface area contributed by atoms with Crippen molar-refractivity contribution in [1.29, 1.82) is 0 Å². The fraction of sp³-hybridized carbons (Fsp3) is 0.200. The van der Waals surface area contributed by atoms with Crippen LogP contribution in [-0.4, -0.2) is 37.4 Å². The molecule has 0 heterocycles. The van der Waals surface area contributed by atoms with Crippen LogP contribution in [0.1, 0.15) is 10.4 Å². The van der Waals surface area contributed by atoms with Crippen molar-refractivity contribution in [2.24, 2.45) is 0 Å². The first-order chi connectivity index (χ1) is 8.19. The number of halogens is 1. The monoisotopic (exact) mass is 275 g/mol. The molecule has 0 aliphatic rings. The van der Waals surface area contributed by atoms with Crippen LogP contribution >= 0.6 is 0 Å². The van der Waals surface area contributed by atoms with Crippen molar-refractivity contribution in [1.82, 2.24) is 0 Å². The van der Waals surface area contributed by atoms with Crippen LogP contribution in [0.3, 0.4) is 0 Å². The number of hydrogen-bond donors (Lipinski definition) is 2. The van der Waals surface area contributed by atoms with Gasteiger partial charge in [0.2, 0.25) is 5.91 Å². The maximum Gasteiger partial charge on any atom is 0.337 e. The van der Waals surface area contributed by atoms with Gasteiger partial charge in [-0.25, -0.2) is 17.6 Å². The molecule has 6 nitrogen and oxygen atoms in total. The zero-order chi connectivity index (χ0) is 13.9. The van der Waals surface area contributed by atoms with Gasteiger partial charge in [0.1, 0.15) is 11.6 Å². The predicted molar refractivity (Wildman–Crippen MR) is 61.7 cm³/mol. The van der Waals surface area contributed by atoms with Crippen LogP contribution in [0.5, 0.6) is 0 Å². The van der Waals surface area contributed by atoms with Gasteiger partial charge in [0.15, 0.2) is 9.84 Å². The van der Waals surface area contributed by atoms with Crippen molar-refractivity contribution in [2.75, 3.05) is 17.3 Å². The number of nitrogens with one attached hydrogen (secondary N) is 1. The van der Waals surface area contributed by atoms with Crippen LogP contribution < -0.4 is 5.32 Å². The molecule has 0 saturated heterocycles. The highest BCUT2D eigenvalue weighted by molar-refractivity contribution is 7.91. The Morgan fingerprint density at radius 3 is 2.50 bits per heavy atom. The number of amides is 1. The lowest BCUT2D eigenvalue weighted by atomic mass is 10.1. The Morgan fingerprint density at radius 1 is 1.39 bits per heavy atom. The Bertz CT molecular complexity index is 596. The summed E-state index contributed by atoms with van der Waals surface area (Å²) in [5.41, 5.74) is -0.602. The highest BCUT2D eigenvalue weighted by Crippen LogP contribution is 2.17. The molecule has 0 aromatic heterocycles. The number of carbonyl (C=O) groups excluding carboxylic acids is 1. The first-order valence-corrected chi connectivity index (χ1v) is 6.75. The molecule has 0 aliphatic carbocycles. The van der Waals surface area contributed by atoms with Gasteiger partial charge >= 0.3 is 5.97 Å². The summed E-state index contributed by atoms with van der Waals surface area (Å²) in [6.45, 7) is 0. The van der Waals surface area contributed by atoms with Crippen LogP contribution in [0.15, 0.2) is 18.2 Å². The molecule has 0 saturated carbocycles. The van der Waals surface area contributed by atoms with Crippen LogP contribution in [-0.2, 0) is 14.6 Å². The molecule has 0 aliphatic heterocycles. The Balaban J connectivity index is 3.00. The molecule has 0 spiro atoms. The molecule has 18 heavy (non-hydrogen) atoms. The van der Waals surface area contributed by atoms with Crippen molar-refractivity contribution in [3.63, 3.8) is 0 Å². The summed E-state index contributed by atoms with van der Waals surface area (Å²) < 4.78 is 34.7. The average molecular weight is 275 g/mol. The number of carboxylic acids is 1. The zero-order valence-electron chi connectivity index (χ0n) is 9.31. The van der Waals surface area contributed by atoms with E-state index in [0.717, 1.165) is 24.5 Å². The van der Waals surface area contributed by atoms with Gasteiger partial charge in [-0.05, 0) is 18.2 Å². The molecular formula is C10H10FNO5S. The van der Waals surface area contributed by atoms with Crippen LogP contribution in [0.25, 0.3) is 0 Å². The number of rotatable bonds is 4. The largest absolute Gasteiger partial charge is 0.478 e. The Hall–Kier alpha value is -1.96. The lowest BCUT2D eigenvalue weighted by molar-refractivity contribution is -0.113. The normalized spacial score (nSPS) is 11.0. The molecule has 98 valence electrons. The maximum atomic E-state index is 12.9. The summed E-state index contributed by atoms with van der Waals surface area (Å²) in [6, 6.07) is 2.72. The van der Waals surface area contributed by atoms with Gasteiger partial charge in [-0.1, -0.05) is 0 Å². The third kappa shape index (κ3) is 4.13. The fourth-order valence-electron chi connectivity index (χ4n) is 1.23. The van der Waals surface area contributed by atoms with E-state index in [1.165, 1.54) is 0 Å². The second kappa shape index (κ2) is 5.13. The van der Waals surface area contributed by atoms with E-state index >= 15 is 0 Å². The van der Waals surface area contributed by atoms with Gasteiger partial charge in [-0.15, -0.1) is 0 Å². The summed E-state index contributed by atoms with van der Waals surface area (Å²) >= 11 is 0. The van der Waals surface area contributed by atoms with Crippen molar-refractivity contribution in [2.45, 2.75) is 0 Å². The molecule has 8 heteroatoms. The minimum absolute atomic E-state index is 0.281. The van der Waals surface area contributed by atoms with Gasteiger partial charge < -0.3 is 10.4 Å². The molecule has 0 radical (unpaired) electrons.